The van der Waals surface area contributed by atoms with Crippen molar-refractivity contribution >= 4 is 40.5 Å². The summed E-state index contributed by atoms with van der Waals surface area (Å²) >= 11 is 0. The van der Waals surface area contributed by atoms with Crippen LogP contribution < -0.4 is 25.3 Å². The third-order valence-corrected chi connectivity index (χ3v) is 7.73. The third-order valence-electron chi connectivity index (χ3n) is 7.73. The zero-order valence-electron chi connectivity index (χ0n) is 26.9. The highest BCUT2D eigenvalue weighted by atomic mass is 19.1. The van der Waals surface area contributed by atoms with Gasteiger partial charge in [-0.25, -0.2) is 23.4 Å². The highest BCUT2D eigenvalue weighted by Crippen LogP contribution is 2.37. The molecule has 2 amide bonds. The molecule has 0 radical (unpaired) electrons. The normalized spacial score (nSPS) is 15.8. The summed E-state index contributed by atoms with van der Waals surface area (Å²) in [6.45, 7) is 8.21. The summed E-state index contributed by atoms with van der Waals surface area (Å²) < 4.78 is 41.6. The summed E-state index contributed by atoms with van der Waals surface area (Å²) in [7, 11) is 1.93. The standard InChI is InChI=1S/C27H25F2N5O7.C3H9N.C2H6/c28-19-11-16(33-9-10-40-27(33)39)3-4-21(19)41-14-22(35)31-5-7-32(8-6-31)25-20(29)12-17-23(36)18(26(37)38)13-34(15-1-2-15)24(17)30-25;1-3-4-2;1-2/h3-4,11-13,15H,1-2,5-10,14H2,(H,37,38);4H,3H2,1-2H3;1-2H3. The average molecular weight is 659 g/mol. The second-order valence-corrected chi connectivity index (χ2v) is 10.7. The van der Waals surface area contributed by atoms with Gasteiger partial charge < -0.3 is 34.3 Å². The van der Waals surface area contributed by atoms with Gasteiger partial charge in [0.15, 0.2) is 29.8 Å². The number of hydrogen-bond donors (Lipinski definition) is 2. The molecule has 3 aromatic rings. The first-order valence-corrected chi connectivity index (χ1v) is 15.7. The molecule has 0 bridgehead atoms. The molecule has 2 saturated heterocycles. The summed E-state index contributed by atoms with van der Waals surface area (Å²) in [4.78, 5) is 57.6. The first-order chi connectivity index (χ1) is 22.6. The van der Waals surface area contributed by atoms with Crippen LogP contribution in [0.3, 0.4) is 0 Å². The molecule has 0 unspecified atom stereocenters. The summed E-state index contributed by atoms with van der Waals surface area (Å²) in [5.41, 5.74) is -0.673. The van der Waals surface area contributed by atoms with E-state index in [9.17, 15) is 28.7 Å². The Morgan fingerprint density at radius 3 is 2.30 bits per heavy atom. The monoisotopic (exact) mass is 658 g/mol. The van der Waals surface area contributed by atoms with Crippen LogP contribution in [0.5, 0.6) is 5.75 Å². The van der Waals surface area contributed by atoms with E-state index >= 15 is 4.39 Å². The van der Waals surface area contributed by atoms with E-state index in [1.54, 1.807) is 9.47 Å². The first kappa shape index (κ1) is 35.1. The molecule has 2 N–H and O–H groups in total. The molecule has 4 heterocycles. The van der Waals surface area contributed by atoms with Crippen LogP contribution in [0.2, 0.25) is 0 Å². The number of halogens is 2. The fourth-order valence-corrected chi connectivity index (χ4v) is 5.04. The van der Waals surface area contributed by atoms with Gasteiger partial charge >= 0.3 is 12.1 Å². The van der Waals surface area contributed by atoms with Crippen LogP contribution in [0.1, 0.15) is 50.0 Å². The number of cyclic esters (lactones) is 1. The molecule has 2 aromatic heterocycles. The molecule has 1 aromatic carbocycles. The number of rotatable bonds is 8. The Bertz CT molecular complexity index is 1670. The molecule has 47 heavy (non-hydrogen) atoms. The Labute approximate surface area is 270 Å². The number of hydrogen-bond acceptors (Lipinski definition) is 9. The zero-order valence-corrected chi connectivity index (χ0v) is 26.9. The lowest BCUT2D eigenvalue weighted by atomic mass is 10.1. The molecule has 3 aliphatic rings. The fraction of sp³-hybridized carbons (Fsp3) is 0.469. The molecule has 1 aliphatic carbocycles. The molecular formula is C32H40F2N6O7. The number of carbonyl (C=O) groups excluding carboxylic acids is 2. The van der Waals surface area contributed by atoms with Crippen LogP contribution in [0.4, 0.5) is 25.1 Å². The minimum Gasteiger partial charge on any atom is -0.481 e. The highest BCUT2D eigenvalue weighted by Gasteiger charge is 2.30. The van der Waals surface area contributed by atoms with Gasteiger partial charge in [0, 0.05) is 44.5 Å². The minimum atomic E-state index is -1.38. The Hall–Kier alpha value is -4.79. The van der Waals surface area contributed by atoms with Crippen molar-refractivity contribution < 1.29 is 37.7 Å². The van der Waals surface area contributed by atoms with Crippen LogP contribution in [0, 0.1) is 11.6 Å². The van der Waals surface area contributed by atoms with Gasteiger partial charge in [-0.15, -0.1) is 0 Å². The number of carboxylic acids is 1. The van der Waals surface area contributed by atoms with E-state index in [2.05, 4.69) is 17.2 Å². The number of fused-ring (bicyclic) bond motifs is 1. The van der Waals surface area contributed by atoms with Crippen molar-refractivity contribution in [2.24, 2.45) is 0 Å². The average Bonchev–Trinajstić information content (AvgIpc) is 3.84. The maximum Gasteiger partial charge on any atom is 0.414 e. The lowest BCUT2D eigenvalue weighted by molar-refractivity contribution is -0.133. The maximum absolute atomic E-state index is 15.2. The summed E-state index contributed by atoms with van der Waals surface area (Å²) in [6.07, 6.45) is 2.31. The molecule has 13 nitrogen and oxygen atoms in total. The second kappa shape index (κ2) is 15.7. The highest BCUT2D eigenvalue weighted by molar-refractivity contribution is 5.92. The fourth-order valence-electron chi connectivity index (χ4n) is 5.04. The number of carbonyl (C=O) groups is 3. The summed E-state index contributed by atoms with van der Waals surface area (Å²) in [5, 5.41) is 12.3. The number of nitrogens with one attached hydrogen (secondary N) is 1. The van der Waals surface area contributed by atoms with Crippen molar-refractivity contribution in [3.8, 4) is 5.75 Å². The SMILES string of the molecule is CC.CCNC.O=C(O)c1cn(C2CC2)c2nc(N3CCN(C(=O)COc4ccc(N5CCOC5=O)cc4F)CC3)c(F)cc2c1=O. The number of nitrogens with zero attached hydrogens (tertiary/aromatic N) is 5. The number of carboxylic acid groups (broad SMARTS) is 1. The van der Waals surface area contributed by atoms with E-state index in [4.69, 9.17) is 9.47 Å². The predicted molar refractivity (Wildman–Crippen MR) is 172 cm³/mol. The largest absolute Gasteiger partial charge is 0.481 e. The Balaban J connectivity index is 0.000000776. The van der Waals surface area contributed by atoms with Gasteiger partial charge in [-0.2, -0.15) is 0 Å². The molecular weight excluding hydrogens is 618 g/mol. The van der Waals surface area contributed by atoms with Gasteiger partial charge in [0.1, 0.15) is 17.8 Å². The number of anilines is 2. The van der Waals surface area contributed by atoms with Gasteiger partial charge in [-0.3, -0.25) is 14.5 Å². The van der Waals surface area contributed by atoms with Crippen molar-refractivity contribution in [1.82, 2.24) is 19.8 Å². The molecule has 6 rings (SSSR count). The smallest absolute Gasteiger partial charge is 0.414 e. The van der Waals surface area contributed by atoms with Gasteiger partial charge in [0.05, 0.1) is 17.6 Å². The minimum absolute atomic E-state index is 0.00533. The molecule has 254 valence electrons. The van der Waals surface area contributed by atoms with Crippen LogP contribution in [-0.4, -0.2) is 97.1 Å². The number of ether oxygens (including phenoxy) is 2. The molecule has 0 spiro atoms. The van der Waals surface area contributed by atoms with Gasteiger partial charge in [0.2, 0.25) is 5.43 Å². The second-order valence-electron chi connectivity index (χ2n) is 10.7. The van der Waals surface area contributed by atoms with Gasteiger partial charge in [-0.1, -0.05) is 20.8 Å². The van der Waals surface area contributed by atoms with Crippen molar-refractivity contribution in [3.05, 3.63) is 57.9 Å². The predicted octanol–water partition coefficient (Wildman–Crippen LogP) is 3.64. The van der Waals surface area contributed by atoms with Crippen LogP contribution in [0.25, 0.3) is 11.0 Å². The molecule has 0 atom stereocenters. The van der Waals surface area contributed by atoms with E-state index in [1.807, 2.05) is 20.9 Å². The van der Waals surface area contributed by atoms with E-state index < -0.39 is 41.3 Å². The van der Waals surface area contributed by atoms with Crippen molar-refractivity contribution in [1.29, 1.82) is 0 Å². The Morgan fingerprint density at radius 1 is 1.06 bits per heavy atom. The molecule has 15 heteroatoms. The van der Waals surface area contributed by atoms with Crippen LogP contribution >= 0.6 is 0 Å². The van der Waals surface area contributed by atoms with Crippen molar-refractivity contribution in [2.45, 2.75) is 39.7 Å². The number of benzene rings is 1. The van der Waals surface area contributed by atoms with Crippen molar-refractivity contribution in [3.63, 3.8) is 0 Å². The number of pyridine rings is 2. The molecule has 2 aliphatic heterocycles. The summed E-state index contributed by atoms with van der Waals surface area (Å²) in [5.74, 6) is -3.37. The number of aromatic carboxylic acids is 1. The molecule has 3 fully saturated rings. The van der Waals surface area contributed by atoms with E-state index in [1.165, 1.54) is 28.1 Å². The lowest BCUT2D eigenvalue weighted by Crippen LogP contribution is -2.50. The van der Waals surface area contributed by atoms with E-state index in [0.717, 1.165) is 31.5 Å². The number of piperazine rings is 1. The number of amides is 2. The third kappa shape index (κ3) is 7.96. The Morgan fingerprint density at radius 2 is 1.74 bits per heavy atom. The topological polar surface area (TPSA) is 147 Å². The van der Waals surface area contributed by atoms with Crippen LogP contribution in [-0.2, 0) is 9.53 Å². The zero-order chi connectivity index (χ0) is 34.2. The molecule has 1 saturated carbocycles. The lowest BCUT2D eigenvalue weighted by Gasteiger charge is -2.35. The van der Waals surface area contributed by atoms with E-state index in [-0.39, 0.29) is 67.3 Å². The maximum atomic E-state index is 15.2. The Kier molecular flexibility index (Phi) is 11.7. The van der Waals surface area contributed by atoms with E-state index in [0.29, 0.717) is 12.2 Å². The summed E-state index contributed by atoms with van der Waals surface area (Å²) in [6, 6.07) is 5.01. The van der Waals surface area contributed by atoms with Gasteiger partial charge in [-0.05, 0) is 44.6 Å². The van der Waals surface area contributed by atoms with Crippen molar-refractivity contribution in [2.75, 3.05) is 69.3 Å². The first-order valence-electron chi connectivity index (χ1n) is 15.7. The van der Waals surface area contributed by atoms with Gasteiger partial charge in [0.25, 0.3) is 5.91 Å². The quantitative estimate of drug-likeness (QED) is 0.368. The van der Waals surface area contributed by atoms with Crippen LogP contribution in [0.15, 0.2) is 35.3 Å². The number of aromatic nitrogens is 2.